The van der Waals surface area contributed by atoms with Crippen LogP contribution < -0.4 is 4.74 Å². The second-order valence-corrected chi connectivity index (χ2v) is 8.53. The molecule has 0 aromatic heterocycles. The highest BCUT2D eigenvalue weighted by Gasteiger charge is 2.31. The molecule has 1 atom stereocenters. The van der Waals surface area contributed by atoms with Gasteiger partial charge < -0.3 is 4.74 Å². The average molecular weight is 421 g/mol. The largest absolute Gasteiger partial charge is 0.486 e. The molecule has 1 unspecified atom stereocenters. The zero-order valence-electron chi connectivity index (χ0n) is 17.3. The van der Waals surface area contributed by atoms with Crippen molar-refractivity contribution in [1.82, 2.24) is 0 Å². The number of halogens is 3. The van der Waals surface area contributed by atoms with Gasteiger partial charge in [-0.05, 0) is 66.3 Å². The molecule has 1 fully saturated rings. The first kappa shape index (κ1) is 22.1. The summed E-state index contributed by atoms with van der Waals surface area (Å²) in [7, 11) is 0. The van der Waals surface area contributed by atoms with E-state index in [0.29, 0.717) is 29.6 Å². The number of hydrogen-bond donors (Lipinski definition) is 0. The van der Waals surface area contributed by atoms with Gasteiger partial charge in [0.15, 0.2) is 0 Å². The van der Waals surface area contributed by atoms with E-state index in [9.17, 15) is 23.3 Å². The van der Waals surface area contributed by atoms with Gasteiger partial charge in [0.2, 0.25) is 5.75 Å². The minimum Gasteiger partial charge on any atom is -0.486 e. The first-order valence-electron chi connectivity index (χ1n) is 10.2. The van der Waals surface area contributed by atoms with Crippen LogP contribution >= 0.6 is 0 Å². The normalized spacial score (nSPS) is 15.3. The monoisotopic (exact) mass is 421 g/mol. The molecule has 0 radical (unpaired) electrons. The van der Waals surface area contributed by atoms with E-state index in [0.717, 1.165) is 37.0 Å². The minimum atomic E-state index is -4.44. The second kappa shape index (κ2) is 8.66. The molecule has 0 heterocycles. The molecule has 0 bridgehead atoms. The summed E-state index contributed by atoms with van der Waals surface area (Å²) in [6, 6.07) is 8.06. The molecular weight excluding hydrogens is 395 g/mol. The third kappa shape index (κ3) is 5.32. The summed E-state index contributed by atoms with van der Waals surface area (Å²) in [6.07, 6.45) is -1.56. The molecule has 3 rings (SSSR count). The smallest absolute Gasteiger partial charge is 0.416 e. The minimum absolute atomic E-state index is 0.0642. The summed E-state index contributed by atoms with van der Waals surface area (Å²) in [4.78, 5) is 11.4. The van der Waals surface area contributed by atoms with Crippen molar-refractivity contribution in [2.24, 2.45) is 11.8 Å². The van der Waals surface area contributed by atoms with Crippen molar-refractivity contribution >= 4 is 5.69 Å². The molecule has 0 spiro atoms. The Hall–Kier alpha value is -2.57. The van der Waals surface area contributed by atoms with E-state index < -0.39 is 16.7 Å². The van der Waals surface area contributed by atoms with E-state index in [-0.39, 0.29) is 17.4 Å². The van der Waals surface area contributed by atoms with Crippen LogP contribution in [-0.4, -0.2) is 11.5 Å². The van der Waals surface area contributed by atoms with Crippen LogP contribution in [0.1, 0.15) is 57.1 Å². The molecule has 2 aromatic carbocycles. The van der Waals surface area contributed by atoms with Crippen LogP contribution in [0.15, 0.2) is 36.4 Å². The highest BCUT2D eigenvalue weighted by Crippen LogP contribution is 2.43. The molecular formula is C23H26F3NO3. The Morgan fingerprint density at radius 2 is 1.77 bits per heavy atom. The quantitative estimate of drug-likeness (QED) is 0.334. The average Bonchev–Trinajstić information content (AvgIpc) is 3.49. The van der Waals surface area contributed by atoms with Gasteiger partial charge in [0.25, 0.3) is 0 Å². The van der Waals surface area contributed by atoms with Crippen molar-refractivity contribution in [3.8, 4) is 16.9 Å². The Labute approximate surface area is 174 Å². The molecule has 4 nitrogen and oxygen atoms in total. The van der Waals surface area contributed by atoms with E-state index in [1.807, 2.05) is 13.0 Å². The van der Waals surface area contributed by atoms with E-state index in [4.69, 9.17) is 4.74 Å². The molecule has 2 aromatic rings. The van der Waals surface area contributed by atoms with Crippen molar-refractivity contribution in [2.75, 3.05) is 6.61 Å². The molecule has 1 aliphatic rings. The summed E-state index contributed by atoms with van der Waals surface area (Å²) in [5.41, 5.74) is 0.813. The lowest BCUT2D eigenvalue weighted by molar-refractivity contribution is -0.385. The lowest BCUT2D eigenvalue weighted by atomic mass is 9.89. The number of rotatable bonds is 8. The number of nitro benzene ring substituents is 1. The second-order valence-electron chi connectivity index (χ2n) is 8.53. The fourth-order valence-corrected chi connectivity index (χ4v) is 3.59. The highest BCUT2D eigenvalue weighted by atomic mass is 19.4. The van der Waals surface area contributed by atoms with Crippen LogP contribution in [0.25, 0.3) is 11.1 Å². The van der Waals surface area contributed by atoms with Crippen molar-refractivity contribution in [2.45, 2.75) is 52.1 Å². The molecule has 30 heavy (non-hydrogen) atoms. The standard InChI is InChI=1S/C23H26F3NO3/c1-14(2)10-15(3)18-11-20(17-6-8-19(9-7-17)23(24,25)26)22(21(12-18)27(28)29)30-13-16-4-5-16/h6-9,11-12,14-16H,4-5,10,13H2,1-3H3. The van der Waals surface area contributed by atoms with Crippen molar-refractivity contribution < 1.29 is 22.8 Å². The molecule has 0 saturated heterocycles. The zero-order chi connectivity index (χ0) is 22.1. The molecule has 1 aliphatic carbocycles. The molecule has 0 aliphatic heterocycles. The lowest BCUT2D eigenvalue weighted by Gasteiger charge is -2.19. The van der Waals surface area contributed by atoms with Crippen molar-refractivity contribution in [3.05, 3.63) is 57.6 Å². The first-order chi connectivity index (χ1) is 14.1. The van der Waals surface area contributed by atoms with Gasteiger partial charge in [-0.25, -0.2) is 0 Å². The SMILES string of the molecule is CC(C)CC(C)c1cc(-c2ccc(C(F)(F)F)cc2)c(OCC2CC2)c([N+](=O)[O-])c1. The highest BCUT2D eigenvalue weighted by molar-refractivity contribution is 5.77. The predicted molar refractivity (Wildman–Crippen MR) is 110 cm³/mol. The third-order valence-electron chi connectivity index (χ3n) is 5.37. The topological polar surface area (TPSA) is 52.4 Å². The predicted octanol–water partition coefficient (Wildman–Crippen LogP) is 7.22. The number of nitrogens with zero attached hydrogens (tertiary/aromatic N) is 1. The number of ether oxygens (including phenoxy) is 1. The molecule has 1 saturated carbocycles. The Kier molecular flexibility index (Phi) is 6.38. The molecule has 0 amide bonds. The zero-order valence-corrected chi connectivity index (χ0v) is 17.3. The van der Waals surface area contributed by atoms with Gasteiger partial charge in [-0.1, -0.05) is 32.9 Å². The molecule has 162 valence electrons. The van der Waals surface area contributed by atoms with E-state index in [1.165, 1.54) is 12.1 Å². The Morgan fingerprint density at radius 1 is 1.13 bits per heavy atom. The van der Waals surface area contributed by atoms with Crippen molar-refractivity contribution in [3.63, 3.8) is 0 Å². The van der Waals surface area contributed by atoms with Crippen LogP contribution in [0.3, 0.4) is 0 Å². The number of benzene rings is 2. The van der Waals surface area contributed by atoms with Crippen LogP contribution in [0.4, 0.5) is 18.9 Å². The van der Waals surface area contributed by atoms with Crippen LogP contribution in [0.5, 0.6) is 5.75 Å². The molecule has 0 N–H and O–H groups in total. The van der Waals surface area contributed by atoms with E-state index in [2.05, 4.69) is 13.8 Å². The van der Waals surface area contributed by atoms with Crippen LogP contribution in [0.2, 0.25) is 0 Å². The van der Waals surface area contributed by atoms with Gasteiger partial charge in [0, 0.05) is 11.6 Å². The fourth-order valence-electron chi connectivity index (χ4n) is 3.59. The van der Waals surface area contributed by atoms with E-state index in [1.54, 1.807) is 6.07 Å². The first-order valence-corrected chi connectivity index (χ1v) is 10.2. The Bertz CT molecular complexity index is 903. The number of alkyl halides is 3. The molecule has 7 heteroatoms. The summed E-state index contributed by atoms with van der Waals surface area (Å²) in [6.45, 7) is 6.53. The van der Waals surface area contributed by atoms with Crippen LogP contribution in [-0.2, 0) is 6.18 Å². The third-order valence-corrected chi connectivity index (χ3v) is 5.37. The van der Waals surface area contributed by atoms with Gasteiger partial charge in [-0.15, -0.1) is 0 Å². The maximum Gasteiger partial charge on any atom is 0.416 e. The maximum atomic E-state index is 13.0. The summed E-state index contributed by atoms with van der Waals surface area (Å²) >= 11 is 0. The maximum absolute atomic E-state index is 13.0. The van der Waals surface area contributed by atoms with E-state index >= 15 is 0 Å². The van der Waals surface area contributed by atoms with Crippen molar-refractivity contribution in [1.29, 1.82) is 0 Å². The lowest BCUT2D eigenvalue weighted by Crippen LogP contribution is -2.07. The van der Waals surface area contributed by atoms with Crippen LogP contribution in [0, 0.1) is 22.0 Å². The van der Waals surface area contributed by atoms with Gasteiger partial charge in [0.05, 0.1) is 17.1 Å². The Balaban J connectivity index is 2.10. The Morgan fingerprint density at radius 3 is 2.27 bits per heavy atom. The van der Waals surface area contributed by atoms with Gasteiger partial charge in [-0.2, -0.15) is 13.2 Å². The van der Waals surface area contributed by atoms with Gasteiger partial charge >= 0.3 is 11.9 Å². The summed E-state index contributed by atoms with van der Waals surface area (Å²) < 4.78 is 44.8. The summed E-state index contributed by atoms with van der Waals surface area (Å²) in [5, 5.41) is 11.8. The number of hydrogen-bond acceptors (Lipinski definition) is 3. The fraction of sp³-hybridized carbons (Fsp3) is 0.478. The van der Waals surface area contributed by atoms with Gasteiger partial charge in [-0.3, -0.25) is 10.1 Å². The van der Waals surface area contributed by atoms with Gasteiger partial charge in [0.1, 0.15) is 0 Å². The summed E-state index contributed by atoms with van der Waals surface area (Å²) in [5.74, 6) is 0.977. The number of nitro groups is 1.